The predicted octanol–water partition coefficient (Wildman–Crippen LogP) is 2.20. The zero-order valence-electron chi connectivity index (χ0n) is 8.42. The van der Waals surface area contributed by atoms with Crippen LogP contribution in [0.5, 0.6) is 0 Å². The highest BCUT2D eigenvalue weighted by atomic mass is 16.6. The normalized spacial score (nSPS) is 14.9. The van der Waals surface area contributed by atoms with Gasteiger partial charge in [0.1, 0.15) is 6.29 Å². The Balaban J connectivity index is 2.49. The van der Waals surface area contributed by atoms with Crippen LogP contribution >= 0.6 is 0 Å². The number of aldehydes is 1. The molecule has 16 heavy (non-hydrogen) atoms. The van der Waals surface area contributed by atoms with Crippen LogP contribution in [0.15, 0.2) is 47.7 Å². The van der Waals surface area contributed by atoms with Crippen LogP contribution in [0.25, 0.3) is 5.57 Å². The van der Waals surface area contributed by atoms with Crippen LogP contribution < -0.4 is 0 Å². The second kappa shape index (κ2) is 4.10. The van der Waals surface area contributed by atoms with Gasteiger partial charge >= 0.3 is 0 Å². The first kappa shape index (κ1) is 10.3. The molecule has 2 rings (SSSR count). The summed E-state index contributed by atoms with van der Waals surface area (Å²) in [6.07, 6.45) is 2.36. The smallest absolute Gasteiger partial charge is 0.258 e. The summed E-state index contributed by atoms with van der Waals surface area (Å²) in [7, 11) is 0. The fourth-order valence-electron chi connectivity index (χ4n) is 1.71. The molecule has 0 saturated heterocycles. The monoisotopic (exact) mass is 215 g/mol. The number of carbonyl (C=O) groups excluding carboxylic acids is 1. The Morgan fingerprint density at radius 2 is 1.94 bits per heavy atom. The summed E-state index contributed by atoms with van der Waals surface area (Å²) in [5.74, 6) is 0. The molecular weight excluding hydrogens is 206 g/mol. The number of hydrogen-bond acceptors (Lipinski definition) is 3. The fraction of sp³-hybridized carbons (Fsp3) is 0.0833. The third kappa shape index (κ3) is 1.77. The molecular formula is C12H9NO3. The number of allylic oxidation sites excluding steroid dienone is 3. The van der Waals surface area contributed by atoms with Crippen molar-refractivity contribution in [3.8, 4) is 0 Å². The molecule has 0 heterocycles. The summed E-state index contributed by atoms with van der Waals surface area (Å²) in [5, 5.41) is 10.8. The maximum absolute atomic E-state index is 10.8. The van der Waals surface area contributed by atoms with Gasteiger partial charge in [0.05, 0.1) is 16.9 Å². The van der Waals surface area contributed by atoms with E-state index in [0.717, 1.165) is 5.56 Å². The van der Waals surface area contributed by atoms with Gasteiger partial charge in [0.2, 0.25) is 0 Å². The van der Waals surface area contributed by atoms with Crippen LogP contribution in [0.2, 0.25) is 0 Å². The van der Waals surface area contributed by atoms with Gasteiger partial charge in [-0.15, -0.1) is 0 Å². The standard InChI is InChI=1S/C12H9NO3/c14-8-9-6-11(12(7-9)13(15)16)10-4-2-1-3-5-10/h1-6,8H,7H2. The third-order valence-electron chi connectivity index (χ3n) is 2.47. The molecule has 0 N–H and O–H groups in total. The van der Waals surface area contributed by atoms with Crippen molar-refractivity contribution in [1.82, 2.24) is 0 Å². The van der Waals surface area contributed by atoms with Crippen molar-refractivity contribution < 1.29 is 9.72 Å². The number of nitrogens with zero attached hydrogens (tertiary/aromatic N) is 1. The first-order valence-electron chi connectivity index (χ1n) is 4.81. The summed E-state index contributed by atoms with van der Waals surface area (Å²) >= 11 is 0. The van der Waals surface area contributed by atoms with Crippen LogP contribution in [-0.2, 0) is 4.79 Å². The molecule has 0 amide bonds. The first-order valence-corrected chi connectivity index (χ1v) is 4.81. The molecule has 4 nitrogen and oxygen atoms in total. The molecule has 80 valence electrons. The molecule has 0 aromatic heterocycles. The van der Waals surface area contributed by atoms with Crippen molar-refractivity contribution in [2.75, 3.05) is 0 Å². The highest BCUT2D eigenvalue weighted by molar-refractivity contribution is 5.88. The van der Waals surface area contributed by atoms with Crippen LogP contribution in [0.4, 0.5) is 0 Å². The third-order valence-corrected chi connectivity index (χ3v) is 2.47. The van der Waals surface area contributed by atoms with E-state index in [9.17, 15) is 14.9 Å². The van der Waals surface area contributed by atoms with E-state index in [-0.39, 0.29) is 12.1 Å². The topological polar surface area (TPSA) is 60.2 Å². The molecule has 0 unspecified atom stereocenters. The summed E-state index contributed by atoms with van der Waals surface area (Å²) in [6, 6.07) is 9.06. The minimum atomic E-state index is -0.421. The SMILES string of the molecule is O=CC1=CC(c2ccccc2)=C([N+](=O)[O-])C1. The zero-order valence-corrected chi connectivity index (χ0v) is 8.42. The molecule has 0 bridgehead atoms. The minimum absolute atomic E-state index is 0.0910. The summed E-state index contributed by atoms with van der Waals surface area (Å²) in [5.41, 5.74) is 1.85. The lowest BCUT2D eigenvalue weighted by atomic mass is 10.1. The number of nitro groups is 1. The van der Waals surface area contributed by atoms with Crippen LogP contribution in [0.3, 0.4) is 0 Å². The van der Waals surface area contributed by atoms with Gasteiger partial charge in [-0.25, -0.2) is 0 Å². The number of rotatable bonds is 3. The Morgan fingerprint density at radius 1 is 1.25 bits per heavy atom. The van der Waals surface area contributed by atoms with Crippen LogP contribution in [0.1, 0.15) is 12.0 Å². The van der Waals surface area contributed by atoms with E-state index in [1.807, 2.05) is 18.2 Å². The van der Waals surface area contributed by atoms with E-state index in [1.165, 1.54) is 0 Å². The lowest BCUT2D eigenvalue weighted by Crippen LogP contribution is -1.99. The van der Waals surface area contributed by atoms with E-state index < -0.39 is 4.92 Å². The fourth-order valence-corrected chi connectivity index (χ4v) is 1.71. The Hall–Kier alpha value is -2.23. The van der Waals surface area contributed by atoms with Gasteiger partial charge in [-0.3, -0.25) is 14.9 Å². The Bertz CT molecular complexity index is 500. The zero-order chi connectivity index (χ0) is 11.5. The van der Waals surface area contributed by atoms with Gasteiger partial charge in [0.15, 0.2) is 0 Å². The maximum Gasteiger partial charge on any atom is 0.258 e. The van der Waals surface area contributed by atoms with Gasteiger partial charge in [0, 0.05) is 5.57 Å². The van der Waals surface area contributed by atoms with Gasteiger partial charge in [0.25, 0.3) is 5.70 Å². The minimum Gasteiger partial charge on any atom is -0.298 e. The van der Waals surface area contributed by atoms with Crippen molar-refractivity contribution in [1.29, 1.82) is 0 Å². The Labute approximate surface area is 92.1 Å². The lowest BCUT2D eigenvalue weighted by molar-refractivity contribution is -0.425. The first-order chi connectivity index (χ1) is 7.72. The van der Waals surface area contributed by atoms with Crippen LogP contribution in [-0.4, -0.2) is 11.2 Å². The highest BCUT2D eigenvalue weighted by Gasteiger charge is 2.25. The van der Waals surface area contributed by atoms with Gasteiger partial charge < -0.3 is 0 Å². The van der Waals surface area contributed by atoms with Crippen molar-refractivity contribution in [3.63, 3.8) is 0 Å². The molecule has 1 aliphatic carbocycles. The van der Waals surface area contributed by atoms with E-state index in [2.05, 4.69) is 0 Å². The molecule has 0 aliphatic heterocycles. The van der Waals surface area contributed by atoms with Crippen molar-refractivity contribution >= 4 is 11.9 Å². The molecule has 0 saturated carbocycles. The molecule has 0 atom stereocenters. The molecule has 1 aliphatic rings. The average molecular weight is 215 g/mol. The van der Waals surface area contributed by atoms with E-state index in [4.69, 9.17) is 0 Å². The quantitative estimate of drug-likeness (QED) is 0.441. The van der Waals surface area contributed by atoms with Gasteiger partial charge in [-0.1, -0.05) is 30.3 Å². The Morgan fingerprint density at radius 3 is 2.50 bits per heavy atom. The average Bonchev–Trinajstić information content (AvgIpc) is 2.74. The molecule has 4 heteroatoms. The second-order valence-corrected chi connectivity index (χ2v) is 3.50. The largest absolute Gasteiger partial charge is 0.298 e. The summed E-state index contributed by atoms with van der Waals surface area (Å²) < 4.78 is 0. The van der Waals surface area contributed by atoms with Gasteiger partial charge in [-0.2, -0.15) is 0 Å². The van der Waals surface area contributed by atoms with Crippen molar-refractivity contribution in [3.05, 3.63) is 63.4 Å². The summed E-state index contributed by atoms with van der Waals surface area (Å²) in [6.45, 7) is 0. The number of benzene rings is 1. The van der Waals surface area contributed by atoms with E-state index >= 15 is 0 Å². The second-order valence-electron chi connectivity index (χ2n) is 3.50. The van der Waals surface area contributed by atoms with Crippen molar-refractivity contribution in [2.24, 2.45) is 0 Å². The molecule has 0 radical (unpaired) electrons. The number of carbonyl (C=O) groups is 1. The lowest BCUT2D eigenvalue weighted by Gasteiger charge is -1.99. The summed E-state index contributed by atoms with van der Waals surface area (Å²) in [4.78, 5) is 21.1. The van der Waals surface area contributed by atoms with E-state index in [0.29, 0.717) is 17.4 Å². The maximum atomic E-state index is 10.8. The van der Waals surface area contributed by atoms with E-state index in [1.54, 1.807) is 18.2 Å². The molecule has 0 spiro atoms. The Kier molecular flexibility index (Phi) is 2.64. The highest BCUT2D eigenvalue weighted by Crippen LogP contribution is 2.31. The van der Waals surface area contributed by atoms with Gasteiger partial charge in [-0.05, 0) is 11.6 Å². The number of hydrogen-bond donors (Lipinski definition) is 0. The molecule has 1 aromatic rings. The van der Waals surface area contributed by atoms with Crippen LogP contribution in [0, 0.1) is 10.1 Å². The molecule has 0 fully saturated rings. The van der Waals surface area contributed by atoms with Crippen molar-refractivity contribution in [2.45, 2.75) is 6.42 Å². The molecule has 1 aromatic carbocycles. The predicted molar refractivity (Wildman–Crippen MR) is 59.1 cm³/mol.